The summed E-state index contributed by atoms with van der Waals surface area (Å²) in [5.74, 6) is 0. The van der Waals surface area contributed by atoms with E-state index in [0.717, 1.165) is 28.2 Å². The molecule has 5 aromatic carbocycles. The van der Waals surface area contributed by atoms with Crippen molar-refractivity contribution in [3.8, 4) is 33.4 Å². The minimum Gasteiger partial charge on any atom is -0.310 e. The van der Waals surface area contributed by atoms with E-state index in [1.807, 2.05) is 12.3 Å². The van der Waals surface area contributed by atoms with Gasteiger partial charge < -0.3 is 4.90 Å². The molecule has 0 atom stereocenters. The molecular weight excluding hydrogens is 460 g/mol. The minimum atomic E-state index is 1.10. The Kier molecular flexibility index (Phi) is 6.53. The molecule has 182 valence electrons. The first-order chi connectivity index (χ1) is 18.8. The van der Waals surface area contributed by atoms with Crippen molar-refractivity contribution < 1.29 is 0 Å². The first-order valence-electron chi connectivity index (χ1n) is 12.9. The zero-order valence-electron chi connectivity index (χ0n) is 21.3. The predicted molar refractivity (Wildman–Crippen MR) is 160 cm³/mol. The topological polar surface area (TPSA) is 16.1 Å². The van der Waals surface area contributed by atoms with Gasteiger partial charge in [0.15, 0.2) is 0 Å². The number of aryl methyl sites for hydroxylation is 1. The highest BCUT2D eigenvalue weighted by Crippen LogP contribution is 2.42. The molecule has 0 aliphatic heterocycles. The van der Waals surface area contributed by atoms with Gasteiger partial charge in [-0.25, -0.2) is 0 Å². The molecule has 0 amide bonds. The van der Waals surface area contributed by atoms with Crippen molar-refractivity contribution in [2.75, 3.05) is 4.90 Å². The molecule has 0 saturated carbocycles. The van der Waals surface area contributed by atoms with Gasteiger partial charge in [0.25, 0.3) is 0 Å². The van der Waals surface area contributed by atoms with Gasteiger partial charge in [0.2, 0.25) is 0 Å². The van der Waals surface area contributed by atoms with Crippen LogP contribution in [0.3, 0.4) is 0 Å². The number of nitrogens with zero attached hydrogens (tertiary/aromatic N) is 2. The molecule has 0 aliphatic rings. The molecule has 38 heavy (non-hydrogen) atoms. The standard InChI is InChI=1S/C36H28N2/c1-27-10-5-6-14-34(27)35-15-7-8-16-36(35)38(32-21-17-29(18-22-32)28-11-3-2-4-12-28)33-23-19-30(20-24-33)31-13-9-25-37-26-31/h2-26H,1H3. The van der Waals surface area contributed by atoms with Crippen molar-refractivity contribution in [3.63, 3.8) is 0 Å². The van der Waals surface area contributed by atoms with Gasteiger partial charge in [-0.1, -0.05) is 103 Å². The van der Waals surface area contributed by atoms with Gasteiger partial charge in [0.1, 0.15) is 0 Å². The van der Waals surface area contributed by atoms with Crippen molar-refractivity contribution in [1.29, 1.82) is 0 Å². The molecule has 0 bridgehead atoms. The minimum absolute atomic E-state index is 1.10. The van der Waals surface area contributed by atoms with Crippen LogP contribution in [0.5, 0.6) is 0 Å². The quantitative estimate of drug-likeness (QED) is 0.232. The van der Waals surface area contributed by atoms with E-state index in [0.29, 0.717) is 0 Å². The third kappa shape index (κ3) is 4.72. The van der Waals surface area contributed by atoms with Gasteiger partial charge >= 0.3 is 0 Å². The van der Waals surface area contributed by atoms with E-state index in [2.05, 4.69) is 150 Å². The summed E-state index contributed by atoms with van der Waals surface area (Å²) >= 11 is 0. The first kappa shape index (κ1) is 23.4. The lowest BCUT2D eigenvalue weighted by Crippen LogP contribution is -2.11. The zero-order valence-corrected chi connectivity index (χ0v) is 21.3. The molecular formula is C36H28N2. The Hall–Kier alpha value is -4.95. The Bertz CT molecular complexity index is 1560. The van der Waals surface area contributed by atoms with E-state index in [-0.39, 0.29) is 0 Å². The van der Waals surface area contributed by atoms with Crippen LogP contribution >= 0.6 is 0 Å². The third-order valence-corrected chi connectivity index (χ3v) is 6.93. The third-order valence-electron chi connectivity index (χ3n) is 6.93. The molecule has 0 unspecified atom stereocenters. The van der Waals surface area contributed by atoms with E-state index in [9.17, 15) is 0 Å². The van der Waals surface area contributed by atoms with Crippen LogP contribution in [0, 0.1) is 6.92 Å². The van der Waals surface area contributed by atoms with Crippen LogP contribution in [0.4, 0.5) is 17.1 Å². The van der Waals surface area contributed by atoms with E-state index < -0.39 is 0 Å². The molecule has 0 saturated heterocycles. The maximum Gasteiger partial charge on any atom is 0.0540 e. The molecule has 0 aliphatic carbocycles. The lowest BCUT2D eigenvalue weighted by atomic mass is 9.97. The number of para-hydroxylation sites is 1. The van der Waals surface area contributed by atoms with E-state index >= 15 is 0 Å². The summed E-state index contributed by atoms with van der Waals surface area (Å²) in [4.78, 5) is 6.64. The SMILES string of the molecule is Cc1ccccc1-c1ccccc1N(c1ccc(-c2ccccc2)cc1)c1ccc(-c2cccnc2)cc1. The number of hydrogen-bond acceptors (Lipinski definition) is 2. The number of rotatable bonds is 6. The summed E-state index contributed by atoms with van der Waals surface area (Å²) in [7, 11) is 0. The normalized spacial score (nSPS) is 10.8. The highest BCUT2D eigenvalue weighted by atomic mass is 15.1. The van der Waals surface area contributed by atoms with Crippen molar-refractivity contribution in [3.05, 3.63) is 157 Å². The first-order valence-corrected chi connectivity index (χ1v) is 12.9. The Morgan fingerprint density at radius 2 is 0.974 bits per heavy atom. The smallest absolute Gasteiger partial charge is 0.0540 e. The number of anilines is 3. The lowest BCUT2D eigenvalue weighted by Gasteiger charge is -2.28. The molecule has 0 radical (unpaired) electrons. The second-order valence-corrected chi connectivity index (χ2v) is 9.37. The largest absolute Gasteiger partial charge is 0.310 e. The van der Waals surface area contributed by atoms with Crippen LogP contribution in [-0.4, -0.2) is 4.98 Å². The van der Waals surface area contributed by atoms with Crippen molar-refractivity contribution in [2.45, 2.75) is 6.92 Å². The van der Waals surface area contributed by atoms with Gasteiger partial charge in [-0.05, 0) is 76.7 Å². The molecule has 6 aromatic rings. The molecule has 6 rings (SSSR count). The zero-order chi connectivity index (χ0) is 25.7. The Labute approximate surface area is 224 Å². The van der Waals surface area contributed by atoms with Crippen LogP contribution in [0.15, 0.2) is 152 Å². The molecule has 0 fully saturated rings. The van der Waals surface area contributed by atoms with Crippen molar-refractivity contribution >= 4 is 17.1 Å². The molecule has 1 aromatic heterocycles. The van der Waals surface area contributed by atoms with Gasteiger partial charge in [-0.3, -0.25) is 4.98 Å². The van der Waals surface area contributed by atoms with E-state index in [1.165, 1.54) is 27.8 Å². The molecule has 0 N–H and O–H groups in total. The number of benzene rings is 5. The summed E-state index contributed by atoms with van der Waals surface area (Å²) in [6, 6.07) is 49.4. The summed E-state index contributed by atoms with van der Waals surface area (Å²) in [5, 5.41) is 0. The molecule has 1 heterocycles. The lowest BCUT2D eigenvalue weighted by molar-refractivity contribution is 1.28. The van der Waals surface area contributed by atoms with Crippen LogP contribution in [0.1, 0.15) is 5.56 Å². The Balaban J connectivity index is 1.48. The van der Waals surface area contributed by atoms with Gasteiger partial charge in [0.05, 0.1) is 5.69 Å². The summed E-state index contributed by atoms with van der Waals surface area (Å²) < 4.78 is 0. The van der Waals surface area contributed by atoms with Crippen LogP contribution < -0.4 is 4.90 Å². The summed E-state index contributed by atoms with van der Waals surface area (Å²) in [6.45, 7) is 2.17. The highest BCUT2D eigenvalue weighted by Gasteiger charge is 2.18. The summed E-state index contributed by atoms with van der Waals surface area (Å²) in [5.41, 5.74) is 11.7. The number of hydrogen-bond donors (Lipinski definition) is 0. The van der Waals surface area contributed by atoms with Gasteiger partial charge in [0, 0.05) is 29.3 Å². The van der Waals surface area contributed by atoms with Crippen LogP contribution in [0.25, 0.3) is 33.4 Å². The van der Waals surface area contributed by atoms with E-state index in [4.69, 9.17) is 0 Å². The fraction of sp³-hybridized carbons (Fsp3) is 0.0278. The maximum absolute atomic E-state index is 4.29. The average molecular weight is 489 g/mol. The van der Waals surface area contributed by atoms with Crippen LogP contribution in [-0.2, 0) is 0 Å². The molecule has 2 heteroatoms. The fourth-order valence-corrected chi connectivity index (χ4v) is 4.97. The summed E-state index contributed by atoms with van der Waals surface area (Å²) in [6.07, 6.45) is 3.71. The van der Waals surface area contributed by atoms with Crippen molar-refractivity contribution in [2.24, 2.45) is 0 Å². The molecule has 2 nitrogen and oxygen atoms in total. The average Bonchev–Trinajstić information content (AvgIpc) is 3.00. The Morgan fingerprint density at radius 1 is 0.447 bits per heavy atom. The van der Waals surface area contributed by atoms with E-state index in [1.54, 1.807) is 6.20 Å². The predicted octanol–water partition coefficient (Wildman–Crippen LogP) is 9.86. The Morgan fingerprint density at radius 3 is 1.61 bits per heavy atom. The number of pyridine rings is 1. The van der Waals surface area contributed by atoms with Crippen molar-refractivity contribution in [1.82, 2.24) is 4.98 Å². The van der Waals surface area contributed by atoms with Crippen LogP contribution in [0.2, 0.25) is 0 Å². The van der Waals surface area contributed by atoms with Gasteiger partial charge in [-0.2, -0.15) is 0 Å². The second kappa shape index (κ2) is 10.6. The molecule has 0 spiro atoms. The second-order valence-electron chi connectivity index (χ2n) is 9.37. The number of aromatic nitrogens is 1. The monoisotopic (exact) mass is 488 g/mol. The maximum atomic E-state index is 4.29. The fourth-order valence-electron chi connectivity index (χ4n) is 4.97. The highest BCUT2D eigenvalue weighted by molar-refractivity contribution is 5.89. The van der Waals surface area contributed by atoms with Gasteiger partial charge in [-0.15, -0.1) is 0 Å².